The van der Waals surface area contributed by atoms with Gasteiger partial charge in [0.25, 0.3) is 0 Å². The van der Waals surface area contributed by atoms with Crippen molar-refractivity contribution in [2.75, 3.05) is 32.5 Å². The van der Waals surface area contributed by atoms with Crippen LogP contribution in [0.1, 0.15) is 5.56 Å². The van der Waals surface area contributed by atoms with Gasteiger partial charge in [-0.25, -0.2) is 23.1 Å². The molecule has 170 valence electrons. The molecule has 0 aliphatic rings. The Balaban J connectivity index is 1.48. The molecular formula is C24H26N6O2S. The van der Waals surface area contributed by atoms with Gasteiger partial charge < -0.3 is 10.2 Å². The summed E-state index contributed by atoms with van der Waals surface area (Å²) in [6, 6.07) is 14.5. The minimum Gasteiger partial charge on any atom is -0.324 e. The van der Waals surface area contributed by atoms with E-state index in [-0.39, 0.29) is 4.90 Å². The molecule has 0 amide bonds. The number of hydrogen-bond acceptors (Lipinski definition) is 7. The van der Waals surface area contributed by atoms with E-state index < -0.39 is 10.0 Å². The van der Waals surface area contributed by atoms with Gasteiger partial charge >= 0.3 is 0 Å². The molecule has 0 spiro atoms. The number of rotatable bonds is 8. The van der Waals surface area contributed by atoms with Gasteiger partial charge in [-0.1, -0.05) is 6.07 Å². The maximum atomic E-state index is 12.4. The number of benzene rings is 2. The Morgan fingerprint density at radius 2 is 1.79 bits per heavy atom. The molecule has 0 radical (unpaired) electrons. The molecule has 33 heavy (non-hydrogen) atoms. The molecular weight excluding hydrogens is 436 g/mol. The standard InChI is InChI=1S/C24H26N6O2S/c1-17-10-11-25-16-22(17)18-4-9-23-19(14-18)15-26-24(29-23)28-20-5-7-21(8-6-20)33(31,32)27-12-13-30(2)3/h4-11,14-16,27H,12-13H2,1-3H3,(H,26,28,29). The monoisotopic (exact) mass is 462 g/mol. The molecule has 2 N–H and O–H groups in total. The lowest BCUT2D eigenvalue weighted by atomic mass is 10.0. The Labute approximate surface area is 193 Å². The lowest BCUT2D eigenvalue weighted by Gasteiger charge is -2.11. The first-order valence-corrected chi connectivity index (χ1v) is 12.0. The summed E-state index contributed by atoms with van der Waals surface area (Å²) in [5, 5.41) is 4.06. The van der Waals surface area contributed by atoms with Crippen LogP contribution < -0.4 is 10.0 Å². The number of anilines is 2. The molecule has 9 heteroatoms. The first-order valence-electron chi connectivity index (χ1n) is 10.5. The Hall–Kier alpha value is -3.40. The van der Waals surface area contributed by atoms with Crippen molar-refractivity contribution in [1.29, 1.82) is 0 Å². The van der Waals surface area contributed by atoms with Crippen molar-refractivity contribution in [3.63, 3.8) is 0 Å². The Morgan fingerprint density at radius 1 is 1.00 bits per heavy atom. The van der Waals surface area contributed by atoms with Gasteiger partial charge in [0, 0.05) is 48.3 Å². The summed E-state index contributed by atoms with van der Waals surface area (Å²) >= 11 is 0. The average molecular weight is 463 g/mol. The summed E-state index contributed by atoms with van der Waals surface area (Å²) < 4.78 is 27.4. The van der Waals surface area contributed by atoms with Crippen molar-refractivity contribution in [2.24, 2.45) is 0 Å². The van der Waals surface area contributed by atoms with Crippen LogP contribution in [0.2, 0.25) is 0 Å². The van der Waals surface area contributed by atoms with Crippen LogP contribution >= 0.6 is 0 Å². The quantitative estimate of drug-likeness (QED) is 0.413. The van der Waals surface area contributed by atoms with Crippen LogP contribution in [0.5, 0.6) is 0 Å². The predicted octanol–water partition coefficient (Wildman–Crippen LogP) is 3.58. The molecule has 2 heterocycles. The molecule has 0 bridgehead atoms. The fraction of sp³-hybridized carbons (Fsp3) is 0.208. The number of nitrogens with one attached hydrogen (secondary N) is 2. The molecule has 4 rings (SSSR count). The maximum absolute atomic E-state index is 12.4. The molecule has 2 aromatic heterocycles. The lowest BCUT2D eigenvalue weighted by molar-refractivity contribution is 0.412. The molecule has 2 aromatic carbocycles. The molecule has 4 aromatic rings. The van der Waals surface area contributed by atoms with Crippen molar-refractivity contribution in [2.45, 2.75) is 11.8 Å². The summed E-state index contributed by atoms with van der Waals surface area (Å²) in [6.45, 7) is 3.03. The first kappa shape index (κ1) is 22.8. The molecule has 0 saturated carbocycles. The summed E-state index contributed by atoms with van der Waals surface area (Å²) in [5.41, 5.74) is 4.80. The van der Waals surface area contributed by atoms with E-state index in [4.69, 9.17) is 0 Å². The van der Waals surface area contributed by atoms with Crippen molar-refractivity contribution < 1.29 is 8.42 Å². The molecule has 0 fully saturated rings. The maximum Gasteiger partial charge on any atom is 0.240 e. The molecule has 0 saturated heterocycles. The van der Waals surface area contributed by atoms with Gasteiger partial charge in [-0.3, -0.25) is 4.98 Å². The van der Waals surface area contributed by atoms with Gasteiger partial charge in [0.05, 0.1) is 10.4 Å². The molecule has 8 nitrogen and oxygen atoms in total. The third-order valence-corrected chi connectivity index (χ3v) is 6.68. The zero-order valence-corrected chi connectivity index (χ0v) is 19.6. The molecule has 0 atom stereocenters. The Morgan fingerprint density at radius 3 is 2.52 bits per heavy atom. The van der Waals surface area contributed by atoms with E-state index >= 15 is 0 Å². The summed E-state index contributed by atoms with van der Waals surface area (Å²) in [7, 11) is 0.242. The zero-order chi connectivity index (χ0) is 23.4. The van der Waals surface area contributed by atoms with Crippen molar-refractivity contribution in [3.8, 4) is 11.1 Å². The number of fused-ring (bicyclic) bond motifs is 1. The van der Waals surface area contributed by atoms with E-state index in [9.17, 15) is 8.42 Å². The van der Waals surface area contributed by atoms with E-state index in [1.54, 1.807) is 36.7 Å². The Kier molecular flexibility index (Phi) is 6.64. The van der Waals surface area contributed by atoms with Gasteiger partial charge in [-0.2, -0.15) is 0 Å². The lowest BCUT2D eigenvalue weighted by Crippen LogP contribution is -2.31. The second-order valence-electron chi connectivity index (χ2n) is 8.01. The average Bonchev–Trinajstić information content (AvgIpc) is 2.79. The van der Waals surface area contributed by atoms with Gasteiger partial charge in [0.15, 0.2) is 0 Å². The number of aryl methyl sites for hydroxylation is 1. The van der Waals surface area contributed by atoms with Crippen molar-refractivity contribution in [3.05, 3.63) is 72.7 Å². The fourth-order valence-electron chi connectivity index (χ4n) is 3.36. The van der Waals surface area contributed by atoms with Gasteiger partial charge in [-0.05, 0) is 74.6 Å². The smallest absolute Gasteiger partial charge is 0.240 e. The summed E-state index contributed by atoms with van der Waals surface area (Å²) in [5.74, 6) is 0.438. The molecule has 0 aliphatic carbocycles. The predicted molar refractivity (Wildman–Crippen MR) is 131 cm³/mol. The molecule has 0 aliphatic heterocycles. The van der Waals surface area contributed by atoms with Crippen LogP contribution in [0.25, 0.3) is 22.0 Å². The first-order chi connectivity index (χ1) is 15.8. The van der Waals surface area contributed by atoms with Gasteiger partial charge in [0.2, 0.25) is 16.0 Å². The highest BCUT2D eigenvalue weighted by Crippen LogP contribution is 2.26. The van der Waals surface area contributed by atoms with Crippen molar-refractivity contribution >= 4 is 32.6 Å². The topological polar surface area (TPSA) is 100 Å². The minimum absolute atomic E-state index is 0.212. The summed E-state index contributed by atoms with van der Waals surface area (Å²) in [4.78, 5) is 15.3. The van der Waals surface area contributed by atoms with E-state index in [1.807, 2.05) is 49.5 Å². The van der Waals surface area contributed by atoms with Gasteiger partial charge in [-0.15, -0.1) is 0 Å². The van der Waals surface area contributed by atoms with Crippen LogP contribution in [0.4, 0.5) is 11.6 Å². The number of pyridine rings is 1. The second kappa shape index (κ2) is 9.62. The fourth-order valence-corrected chi connectivity index (χ4v) is 4.38. The summed E-state index contributed by atoms with van der Waals surface area (Å²) in [6.07, 6.45) is 5.41. The van der Waals surface area contributed by atoms with Crippen LogP contribution in [0.15, 0.2) is 72.0 Å². The highest BCUT2D eigenvalue weighted by atomic mass is 32.2. The number of nitrogens with zero attached hydrogens (tertiary/aromatic N) is 4. The molecule has 0 unspecified atom stereocenters. The zero-order valence-electron chi connectivity index (χ0n) is 18.8. The third kappa shape index (κ3) is 5.51. The normalized spacial score (nSPS) is 11.8. The highest BCUT2D eigenvalue weighted by Gasteiger charge is 2.13. The highest BCUT2D eigenvalue weighted by molar-refractivity contribution is 7.89. The van der Waals surface area contributed by atoms with Crippen LogP contribution in [-0.2, 0) is 10.0 Å². The number of likely N-dealkylation sites (N-methyl/N-ethyl adjacent to an activating group) is 1. The number of sulfonamides is 1. The third-order valence-electron chi connectivity index (χ3n) is 5.20. The largest absolute Gasteiger partial charge is 0.324 e. The second-order valence-corrected chi connectivity index (χ2v) is 9.78. The van der Waals surface area contributed by atoms with Crippen LogP contribution in [0, 0.1) is 6.92 Å². The minimum atomic E-state index is -3.54. The number of hydrogen-bond donors (Lipinski definition) is 2. The Bertz CT molecular complexity index is 1370. The van der Waals surface area contributed by atoms with E-state index in [0.29, 0.717) is 24.7 Å². The van der Waals surface area contributed by atoms with Crippen molar-refractivity contribution in [1.82, 2.24) is 24.6 Å². The van der Waals surface area contributed by atoms with E-state index in [1.165, 1.54) is 0 Å². The van der Waals surface area contributed by atoms with E-state index in [0.717, 1.165) is 27.6 Å². The van der Waals surface area contributed by atoms with Crippen LogP contribution in [0.3, 0.4) is 0 Å². The van der Waals surface area contributed by atoms with Crippen LogP contribution in [-0.4, -0.2) is 55.5 Å². The number of aromatic nitrogens is 3. The van der Waals surface area contributed by atoms with E-state index in [2.05, 4.69) is 31.9 Å². The SMILES string of the molecule is Cc1ccncc1-c1ccc2nc(Nc3ccc(S(=O)(=O)NCCN(C)C)cc3)ncc2c1. The van der Waals surface area contributed by atoms with Gasteiger partial charge in [0.1, 0.15) is 0 Å².